The summed E-state index contributed by atoms with van der Waals surface area (Å²) in [7, 11) is -3.49. The van der Waals surface area contributed by atoms with Crippen LogP contribution < -0.4 is 9.80 Å². The molecule has 0 radical (unpaired) electrons. The fourth-order valence-electron chi connectivity index (χ4n) is 5.67. The summed E-state index contributed by atoms with van der Waals surface area (Å²) in [6, 6.07) is 5.96. The highest BCUT2D eigenvalue weighted by atomic mass is 32.2. The number of halogens is 1. The molecule has 1 amide bonds. The molecule has 2 aliphatic carbocycles. The fraction of sp³-hybridized carbons (Fsp3) is 0.593. The van der Waals surface area contributed by atoms with Crippen LogP contribution in [0.25, 0.3) is 0 Å². The van der Waals surface area contributed by atoms with Gasteiger partial charge in [-0.15, -0.1) is 0 Å². The van der Waals surface area contributed by atoms with Crippen LogP contribution in [0, 0.1) is 5.82 Å². The predicted molar refractivity (Wildman–Crippen MR) is 143 cm³/mol. The molecule has 1 N–H and O–H groups in total. The first-order valence-corrected chi connectivity index (χ1v) is 15.2. The van der Waals surface area contributed by atoms with Gasteiger partial charge in [0, 0.05) is 50.2 Å². The summed E-state index contributed by atoms with van der Waals surface area (Å²) in [5.74, 6) is -0.179. The molecule has 3 fully saturated rings. The number of sulfone groups is 1. The van der Waals surface area contributed by atoms with E-state index < -0.39 is 21.3 Å². The largest absolute Gasteiger partial charge is 0.390 e. The number of amides is 1. The lowest BCUT2D eigenvalue weighted by Crippen LogP contribution is -2.53. The van der Waals surface area contributed by atoms with Crippen LogP contribution >= 0.6 is 0 Å². The van der Waals surface area contributed by atoms with Gasteiger partial charge in [0.1, 0.15) is 11.5 Å². The monoisotopic (exact) mass is 545 g/mol. The van der Waals surface area contributed by atoms with Crippen molar-refractivity contribution < 1.29 is 22.7 Å². The van der Waals surface area contributed by atoms with E-state index >= 15 is 0 Å². The molecular weight excluding hydrogens is 509 g/mol. The highest BCUT2D eigenvalue weighted by Crippen LogP contribution is 2.37. The number of hydrogen-bond donors (Lipinski definition) is 1. The molecule has 1 atom stereocenters. The average molecular weight is 546 g/mol. The fourth-order valence-corrected chi connectivity index (χ4v) is 6.30. The van der Waals surface area contributed by atoms with E-state index in [0.29, 0.717) is 49.8 Å². The Bertz CT molecular complexity index is 1310. The minimum Gasteiger partial charge on any atom is -0.390 e. The van der Waals surface area contributed by atoms with Crippen molar-refractivity contribution in [3.05, 3.63) is 42.0 Å². The zero-order valence-corrected chi connectivity index (χ0v) is 23.0. The van der Waals surface area contributed by atoms with Gasteiger partial charge in [0.05, 0.1) is 16.2 Å². The highest BCUT2D eigenvalue weighted by Gasteiger charge is 2.41. The van der Waals surface area contributed by atoms with Gasteiger partial charge >= 0.3 is 0 Å². The van der Waals surface area contributed by atoms with Gasteiger partial charge in [-0.1, -0.05) is 0 Å². The van der Waals surface area contributed by atoms with Crippen LogP contribution in [0.2, 0.25) is 0 Å². The molecule has 2 saturated carbocycles. The molecule has 2 heterocycles. The first kappa shape index (κ1) is 26.8. The Morgan fingerprint density at radius 1 is 1.13 bits per heavy atom. The molecule has 1 aliphatic heterocycles. The zero-order valence-electron chi connectivity index (χ0n) is 22.2. The third kappa shape index (κ3) is 5.63. The number of carbonyl (C=O) groups is 1. The van der Waals surface area contributed by atoms with Crippen LogP contribution in [0.15, 0.2) is 35.4 Å². The summed E-state index contributed by atoms with van der Waals surface area (Å²) in [4.78, 5) is 28.6. The van der Waals surface area contributed by atoms with Crippen LogP contribution in [0.3, 0.4) is 0 Å². The topological polar surface area (TPSA) is 107 Å². The number of anilines is 2. The number of benzene rings is 1. The Balaban J connectivity index is 1.29. The summed E-state index contributed by atoms with van der Waals surface area (Å²) in [5, 5.41) is 10.4. The Morgan fingerprint density at radius 3 is 2.42 bits per heavy atom. The molecular formula is C27H36FN5O4S. The number of rotatable bonds is 6. The minimum atomic E-state index is -3.49. The number of nitrogens with zero attached hydrogens (tertiary/aromatic N) is 5. The van der Waals surface area contributed by atoms with Crippen LogP contribution in [0.1, 0.15) is 62.9 Å². The first-order chi connectivity index (χ1) is 17.9. The molecule has 1 saturated heterocycles. The van der Waals surface area contributed by atoms with Crippen molar-refractivity contribution in [2.45, 2.75) is 81.0 Å². The van der Waals surface area contributed by atoms with E-state index in [2.05, 4.69) is 9.97 Å². The van der Waals surface area contributed by atoms with E-state index in [0.717, 1.165) is 38.0 Å². The van der Waals surface area contributed by atoms with E-state index in [1.54, 1.807) is 12.3 Å². The molecule has 9 nitrogen and oxygen atoms in total. The first-order valence-electron chi connectivity index (χ1n) is 13.3. The number of hydrogen-bond acceptors (Lipinski definition) is 8. The molecule has 3 aliphatic rings. The Morgan fingerprint density at radius 2 is 1.82 bits per heavy atom. The second kappa shape index (κ2) is 10.1. The maximum Gasteiger partial charge on any atom is 0.273 e. The van der Waals surface area contributed by atoms with E-state index in [1.165, 1.54) is 12.1 Å². The van der Waals surface area contributed by atoms with Gasteiger partial charge in [-0.05, 0) is 76.6 Å². The predicted octanol–water partition coefficient (Wildman–Crippen LogP) is 3.03. The summed E-state index contributed by atoms with van der Waals surface area (Å²) in [6.45, 7) is 5.38. The average Bonchev–Trinajstić information content (AvgIpc) is 3.70. The molecule has 2 aromatic rings. The van der Waals surface area contributed by atoms with Gasteiger partial charge in [-0.3, -0.25) is 4.79 Å². The normalized spacial score (nSPS) is 26.3. The Hall–Kier alpha value is -2.79. The van der Waals surface area contributed by atoms with E-state index in [4.69, 9.17) is 0 Å². The lowest BCUT2D eigenvalue weighted by Gasteiger charge is -2.41. The Kier molecular flexibility index (Phi) is 7.10. The van der Waals surface area contributed by atoms with E-state index in [9.17, 15) is 22.7 Å². The van der Waals surface area contributed by atoms with E-state index in [1.807, 2.05) is 28.5 Å². The molecule has 1 aromatic carbocycles. The van der Waals surface area contributed by atoms with Gasteiger partial charge in [-0.25, -0.2) is 22.8 Å². The third-order valence-corrected chi connectivity index (χ3v) is 9.15. The van der Waals surface area contributed by atoms with Crippen molar-refractivity contribution in [2.75, 3.05) is 35.7 Å². The van der Waals surface area contributed by atoms with Crippen LogP contribution in [-0.4, -0.2) is 83.9 Å². The zero-order chi connectivity index (χ0) is 27.2. The lowest BCUT2D eigenvalue weighted by atomic mass is 9.83. The highest BCUT2D eigenvalue weighted by molar-refractivity contribution is 7.90. The van der Waals surface area contributed by atoms with Crippen molar-refractivity contribution in [2.24, 2.45) is 0 Å². The molecule has 1 aromatic heterocycles. The van der Waals surface area contributed by atoms with Crippen molar-refractivity contribution in [1.29, 1.82) is 0 Å². The second-order valence-electron chi connectivity index (χ2n) is 11.3. The second-order valence-corrected chi connectivity index (χ2v) is 13.3. The van der Waals surface area contributed by atoms with Gasteiger partial charge in [0.25, 0.3) is 5.91 Å². The molecule has 11 heteroatoms. The number of aliphatic hydroxyl groups is 1. The summed E-state index contributed by atoms with van der Waals surface area (Å²) in [6.07, 6.45) is 7.61. The summed E-state index contributed by atoms with van der Waals surface area (Å²) in [5.41, 5.74) is 0.0740. The van der Waals surface area contributed by atoms with Gasteiger partial charge < -0.3 is 19.8 Å². The molecule has 38 heavy (non-hydrogen) atoms. The van der Waals surface area contributed by atoms with Gasteiger partial charge in [0.15, 0.2) is 9.84 Å². The molecule has 0 bridgehead atoms. The van der Waals surface area contributed by atoms with Crippen molar-refractivity contribution in [3.8, 4) is 0 Å². The van der Waals surface area contributed by atoms with Crippen molar-refractivity contribution in [3.63, 3.8) is 0 Å². The van der Waals surface area contributed by atoms with Crippen molar-refractivity contribution in [1.82, 2.24) is 14.9 Å². The van der Waals surface area contributed by atoms with Crippen LogP contribution in [0.4, 0.5) is 16.0 Å². The van der Waals surface area contributed by atoms with Crippen LogP contribution in [0.5, 0.6) is 0 Å². The molecule has 0 unspecified atom stereocenters. The Labute approximate surface area is 223 Å². The van der Waals surface area contributed by atoms with Gasteiger partial charge in [-0.2, -0.15) is 0 Å². The summed E-state index contributed by atoms with van der Waals surface area (Å²) < 4.78 is 38.3. The SMILES string of the molecule is C[C@@H]1CN(c2ccc(S(C)(=O)=O)cc2F)CCN1c1nccc(C(=O)N(C2CC2)[C@H]2CC[C@@](C)(O)CC2)n1. The molecule has 206 valence electrons. The third-order valence-electron chi connectivity index (χ3n) is 8.03. The standard InChI is InChI=1S/C27H36FN5O4S/c1-18-17-31(24-7-6-21(16-22(24)28)38(3,36)37)14-15-32(18)26-29-13-10-23(30-26)25(34)33(19-4-5-19)20-8-11-27(2,35)12-9-20/h6-7,10,13,16,18-20,35H,4-5,8-9,11-12,14-15,17H2,1-3H3/t18-,20-,27+/m1/s1. The summed E-state index contributed by atoms with van der Waals surface area (Å²) >= 11 is 0. The number of piperazine rings is 1. The maximum atomic E-state index is 14.8. The van der Waals surface area contributed by atoms with Crippen molar-refractivity contribution >= 4 is 27.4 Å². The maximum absolute atomic E-state index is 14.8. The molecule has 5 rings (SSSR count). The minimum absolute atomic E-state index is 0.0424. The number of carbonyl (C=O) groups excluding carboxylic acids is 1. The lowest BCUT2D eigenvalue weighted by molar-refractivity contribution is -0.00507. The van der Waals surface area contributed by atoms with Gasteiger partial charge in [0.2, 0.25) is 5.95 Å². The molecule has 0 spiro atoms. The van der Waals surface area contributed by atoms with E-state index in [-0.39, 0.29) is 28.9 Å². The quantitative estimate of drug-likeness (QED) is 0.591. The smallest absolute Gasteiger partial charge is 0.273 e. The number of aromatic nitrogens is 2. The van der Waals surface area contributed by atoms with Crippen LogP contribution in [-0.2, 0) is 9.84 Å².